The van der Waals surface area contributed by atoms with E-state index in [1.165, 1.54) is 6.21 Å². The van der Waals surface area contributed by atoms with Gasteiger partial charge in [0.15, 0.2) is 12.4 Å². The number of hydrogen-bond donors (Lipinski definition) is 1. The molecule has 0 aliphatic carbocycles. The largest absolute Gasteiger partial charge is 0.484 e. The molecule has 1 heterocycles. The average Bonchev–Trinajstić information content (AvgIpc) is 2.88. The Labute approximate surface area is 150 Å². The minimum Gasteiger partial charge on any atom is -0.484 e. The Balaban J connectivity index is 1.81. The summed E-state index contributed by atoms with van der Waals surface area (Å²) in [4.78, 5) is 13.5. The molecule has 0 bridgehead atoms. The SMILES string of the molecule is CN(C)c1oc(C=NNC(=O)COc2ccc(Br)cc2)cc1Br. The van der Waals surface area contributed by atoms with Gasteiger partial charge in [-0.05, 0) is 40.2 Å². The van der Waals surface area contributed by atoms with Crippen LogP contribution in [0.2, 0.25) is 0 Å². The molecule has 8 heteroatoms. The lowest BCUT2D eigenvalue weighted by Gasteiger charge is -2.07. The maximum atomic E-state index is 11.6. The van der Waals surface area contributed by atoms with Crippen molar-refractivity contribution in [1.82, 2.24) is 5.43 Å². The minimum atomic E-state index is -0.359. The van der Waals surface area contributed by atoms with Crippen LogP contribution >= 0.6 is 31.9 Å². The molecule has 0 atom stereocenters. The maximum absolute atomic E-state index is 11.6. The summed E-state index contributed by atoms with van der Waals surface area (Å²) in [5.74, 6) is 1.45. The first kappa shape index (κ1) is 17.6. The zero-order chi connectivity index (χ0) is 16.8. The molecule has 1 aromatic heterocycles. The van der Waals surface area contributed by atoms with Gasteiger partial charge in [-0.15, -0.1) is 0 Å². The van der Waals surface area contributed by atoms with Crippen molar-refractivity contribution >= 4 is 49.9 Å². The fraction of sp³-hybridized carbons (Fsp3) is 0.200. The van der Waals surface area contributed by atoms with Crippen molar-refractivity contribution in [2.45, 2.75) is 0 Å². The highest BCUT2D eigenvalue weighted by molar-refractivity contribution is 9.10. The van der Waals surface area contributed by atoms with E-state index in [4.69, 9.17) is 9.15 Å². The molecule has 0 saturated heterocycles. The molecule has 1 aromatic carbocycles. The van der Waals surface area contributed by atoms with E-state index in [9.17, 15) is 4.79 Å². The van der Waals surface area contributed by atoms with E-state index in [1.54, 1.807) is 18.2 Å². The number of carbonyl (C=O) groups excluding carboxylic acids is 1. The van der Waals surface area contributed by atoms with Crippen molar-refractivity contribution in [3.05, 3.63) is 45.0 Å². The van der Waals surface area contributed by atoms with Gasteiger partial charge in [0.2, 0.25) is 5.88 Å². The Bertz CT molecular complexity index is 696. The van der Waals surface area contributed by atoms with Crippen LogP contribution in [0.4, 0.5) is 5.88 Å². The van der Waals surface area contributed by atoms with Crippen molar-refractivity contribution in [3.8, 4) is 5.75 Å². The van der Waals surface area contributed by atoms with Crippen molar-refractivity contribution in [2.24, 2.45) is 5.10 Å². The van der Waals surface area contributed by atoms with Gasteiger partial charge in [0, 0.05) is 24.6 Å². The molecule has 0 fully saturated rings. The first-order chi connectivity index (χ1) is 11.0. The zero-order valence-corrected chi connectivity index (χ0v) is 15.7. The quantitative estimate of drug-likeness (QED) is 0.547. The second-order valence-electron chi connectivity index (χ2n) is 4.73. The highest BCUT2D eigenvalue weighted by atomic mass is 79.9. The van der Waals surface area contributed by atoms with E-state index in [0.717, 1.165) is 8.95 Å². The number of carbonyl (C=O) groups is 1. The van der Waals surface area contributed by atoms with Crippen molar-refractivity contribution in [1.29, 1.82) is 0 Å². The molecule has 23 heavy (non-hydrogen) atoms. The van der Waals surface area contributed by atoms with Crippen LogP contribution in [0, 0.1) is 0 Å². The first-order valence-electron chi connectivity index (χ1n) is 6.62. The van der Waals surface area contributed by atoms with Gasteiger partial charge in [0.05, 0.1) is 10.7 Å². The second-order valence-corrected chi connectivity index (χ2v) is 6.50. The smallest absolute Gasteiger partial charge is 0.277 e. The third-order valence-corrected chi connectivity index (χ3v) is 3.76. The molecule has 0 saturated carbocycles. The van der Waals surface area contributed by atoms with Crippen LogP contribution in [0.25, 0.3) is 0 Å². The van der Waals surface area contributed by atoms with E-state index in [2.05, 4.69) is 42.4 Å². The number of amides is 1. The number of benzene rings is 1. The van der Waals surface area contributed by atoms with Crippen LogP contribution in [0.5, 0.6) is 5.75 Å². The number of hydrazone groups is 1. The van der Waals surface area contributed by atoms with Gasteiger partial charge in [-0.25, -0.2) is 5.43 Å². The number of nitrogens with zero attached hydrogens (tertiary/aromatic N) is 2. The van der Waals surface area contributed by atoms with E-state index < -0.39 is 0 Å². The molecular formula is C15H15Br2N3O3. The average molecular weight is 445 g/mol. The van der Waals surface area contributed by atoms with Crippen molar-refractivity contribution < 1.29 is 13.9 Å². The molecule has 1 amide bonds. The monoisotopic (exact) mass is 443 g/mol. The zero-order valence-electron chi connectivity index (χ0n) is 12.5. The van der Waals surface area contributed by atoms with Crippen LogP contribution in [0.15, 0.2) is 48.8 Å². The summed E-state index contributed by atoms with van der Waals surface area (Å²) in [7, 11) is 3.73. The number of halogens is 2. The summed E-state index contributed by atoms with van der Waals surface area (Å²) in [5.41, 5.74) is 2.38. The van der Waals surface area contributed by atoms with Gasteiger partial charge in [0.1, 0.15) is 5.75 Å². The van der Waals surface area contributed by atoms with E-state index >= 15 is 0 Å². The van der Waals surface area contributed by atoms with Gasteiger partial charge in [-0.2, -0.15) is 5.10 Å². The van der Waals surface area contributed by atoms with Gasteiger partial charge in [0.25, 0.3) is 5.91 Å². The van der Waals surface area contributed by atoms with Crippen LogP contribution in [0.1, 0.15) is 5.76 Å². The molecule has 0 aliphatic rings. The Morgan fingerprint density at radius 3 is 2.65 bits per heavy atom. The summed E-state index contributed by atoms with van der Waals surface area (Å²) in [6.45, 7) is -0.121. The summed E-state index contributed by atoms with van der Waals surface area (Å²) >= 11 is 6.71. The maximum Gasteiger partial charge on any atom is 0.277 e. The number of furan rings is 1. The summed E-state index contributed by atoms with van der Waals surface area (Å²) in [6.07, 6.45) is 1.43. The number of anilines is 1. The number of ether oxygens (including phenoxy) is 1. The molecule has 122 valence electrons. The van der Waals surface area contributed by atoms with Gasteiger partial charge in [-0.1, -0.05) is 15.9 Å². The lowest BCUT2D eigenvalue weighted by atomic mass is 10.3. The molecule has 0 radical (unpaired) electrons. The number of hydrogen-bond acceptors (Lipinski definition) is 5. The summed E-state index contributed by atoms with van der Waals surface area (Å²) in [5, 5.41) is 3.84. The van der Waals surface area contributed by atoms with E-state index in [1.807, 2.05) is 31.1 Å². The van der Waals surface area contributed by atoms with Crippen LogP contribution in [-0.2, 0) is 4.79 Å². The fourth-order valence-corrected chi connectivity index (χ4v) is 2.55. The highest BCUT2D eigenvalue weighted by Crippen LogP contribution is 2.27. The highest BCUT2D eigenvalue weighted by Gasteiger charge is 2.09. The summed E-state index contributed by atoms with van der Waals surface area (Å²) < 4.78 is 12.6. The van der Waals surface area contributed by atoms with Crippen molar-refractivity contribution in [2.75, 3.05) is 25.6 Å². The topological polar surface area (TPSA) is 67.1 Å². The van der Waals surface area contributed by atoms with Crippen molar-refractivity contribution in [3.63, 3.8) is 0 Å². The Morgan fingerprint density at radius 1 is 1.35 bits per heavy atom. The third kappa shape index (κ3) is 5.40. The fourth-order valence-electron chi connectivity index (χ4n) is 1.62. The third-order valence-electron chi connectivity index (χ3n) is 2.66. The Hall–Kier alpha value is -1.80. The number of nitrogens with one attached hydrogen (secondary N) is 1. The van der Waals surface area contributed by atoms with Gasteiger partial charge >= 0.3 is 0 Å². The summed E-state index contributed by atoms with van der Waals surface area (Å²) in [6, 6.07) is 8.97. The Kier molecular flexibility index (Phi) is 6.23. The van der Waals surface area contributed by atoms with Crippen LogP contribution < -0.4 is 15.1 Å². The molecule has 2 rings (SSSR count). The normalized spacial score (nSPS) is 10.8. The van der Waals surface area contributed by atoms with Crippen LogP contribution in [0.3, 0.4) is 0 Å². The van der Waals surface area contributed by atoms with Gasteiger partial charge < -0.3 is 14.1 Å². The predicted molar refractivity (Wildman–Crippen MR) is 96.1 cm³/mol. The first-order valence-corrected chi connectivity index (χ1v) is 8.21. The van der Waals surface area contributed by atoms with E-state index in [-0.39, 0.29) is 12.5 Å². The molecule has 0 aliphatic heterocycles. The minimum absolute atomic E-state index is 0.121. The molecule has 0 spiro atoms. The number of rotatable bonds is 6. The predicted octanol–water partition coefficient (Wildman–Crippen LogP) is 3.40. The molecule has 2 aromatic rings. The molecule has 0 unspecified atom stereocenters. The Morgan fingerprint density at radius 2 is 2.04 bits per heavy atom. The van der Waals surface area contributed by atoms with Crippen LogP contribution in [-0.4, -0.2) is 32.8 Å². The lowest BCUT2D eigenvalue weighted by molar-refractivity contribution is -0.123. The standard InChI is InChI=1S/C15H15Br2N3O3/c1-20(2)15-13(17)7-12(23-15)8-18-19-14(21)9-22-11-5-3-10(16)4-6-11/h3-8H,9H2,1-2H3,(H,19,21). The molecule has 6 nitrogen and oxygen atoms in total. The lowest BCUT2D eigenvalue weighted by Crippen LogP contribution is -2.24. The van der Waals surface area contributed by atoms with Gasteiger partial charge in [-0.3, -0.25) is 4.79 Å². The molecule has 1 N–H and O–H groups in total. The second kappa shape index (κ2) is 8.16. The van der Waals surface area contributed by atoms with E-state index in [0.29, 0.717) is 17.4 Å². The molecular weight excluding hydrogens is 430 g/mol.